The maximum Gasteiger partial charge on any atom is 0.303 e. The molecule has 10 heteroatoms. The van der Waals surface area contributed by atoms with Crippen molar-refractivity contribution in [3.8, 4) is 5.75 Å². The van der Waals surface area contributed by atoms with Crippen LogP contribution in [-0.2, 0) is 17.8 Å². The zero-order valence-corrected chi connectivity index (χ0v) is 22.6. The average Bonchev–Trinajstić information content (AvgIpc) is 2.94. The van der Waals surface area contributed by atoms with Gasteiger partial charge in [-0.3, -0.25) is 9.78 Å². The molecule has 0 saturated carbocycles. The van der Waals surface area contributed by atoms with Crippen LogP contribution in [0.25, 0.3) is 10.9 Å². The first kappa shape index (κ1) is 29.8. The minimum absolute atomic E-state index is 0.00397. The van der Waals surface area contributed by atoms with E-state index in [1.165, 1.54) is 0 Å². The molecule has 1 aromatic heterocycles. The number of aromatic nitrogens is 1. The number of aliphatic hydroxyl groups excluding tert-OH is 1. The van der Waals surface area contributed by atoms with Crippen molar-refractivity contribution in [3.63, 3.8) is 0 Å². The summed E-state index contributed by atoms with van der Waals surface area (Å²) in [4.78, 5) is 18.4. The van der Waals surface area contributed by atoms with Crippen molar-refractivity contribution in [3.05, 3.63) is 70.7 Å². The third kappa shape index (κ3) is 6.92. The Bertz CT molecular complexity index is 1340. The summed E-state index contributed by atoms with van der Waals surface area (Å²) in [6, 6.07) is 7.01. The summed E-state index contributed by atoms with van der Waals surface area (Å²) in [5, 5.41) is 21.8. The molecule has 1 aliphatic heterocycles. The molecule has 0 aliphatic carbocycles. The number of likely N-dealkylation sites (tertiary alicyclic amines) is 1. The predicted octanol–water partition coefficient (Wildman–Crippen LogP) is 5.12. The monoisotopic (exact) mass is 559 g/mol. The Hall–Kier alpha value is -3.21. The van der Waals surface area contributed by atoms with Crippen molar-refractivity contribution >= 4 is 16.9 Å². The number of pyridine rings is 1. The summed E-state index contributed by atoms with van der Waals surface area (Å²) in [6.07, 6.45) is 3.66. The second-order valence-electron chi connectivity index (χ2n) is 10.7. The number of carbonyl (C=O) groups is 1. The molecule has 0 radical (unpaired) electrons. The third-order valence-corrected chi connectivity index (χ3v) is 8.13. The minimum Gasteiger partial charge on any atom is -0.497 e. The number of aryl methyl sites for hydroxylation is 1. The second kappa shape index (κ2) is 13.0. The molecule has 1 saturated heterocycles. The van der Waals surface area contributed by atoms with Gasteiger partial charge < -0.3 is 25.6 Å². The van der Waals surface area contributed by atoms with Gasteiger partial charge in [-0.2, -0.15) is 0 Å². The van der Waals surface area contributed by atoms with Gasteiger partial charge in [0.25, 0.3) is 0 Å². The van der Waals surface area contributed by atoms with Gasteiger partial charge >= 0.3 is 5.97 Å². The van der Waals surface area contributed by atoms with E-state index in [4.69, 9.17) is 10.5 Å². The number of nitrogens with zero attached hydrogens (tertiary/aromatic N) is 2. The minimum atomic E-state index is -1.19. The van der Waals surface area contributed by atoms with E-state index in [-0.39, 0.29) is 24.9 Å². The highest BCUT2D eigenvalue weighted by atomic mass is 19.2. The van der Waals surface area contributed by atoms with E-state index in [0.717, 1.165) is 17.0 Å². The Labute approximate surface area is 231 Å². The highest BCUT2D eigenvalue weighted by molar-refractivity contribution is 5.85. The van der Waals surface area contributed by atoms with E-state index in [9.17, 15) is 28.2 Å². The van der Waals surface area contributed by atoms with E-state index in [2.05, 4.69) is 9.88 Å². The van der Waals surface area contributed by atoms with Crippen LogP contribution in [0, 0.1) is 22.9 Å². The lowest BCUT2D eigenvalue weighted by molar-refractivity contribution is -0.141. The molecule has 1 unspecified atom stereocenters. The molecule has 1 atom stereocenters. The lowest BCUT2D eigenvalue weighted by Gasteiger charge is -2.41. The lowest BCUT2D eigenvalue weighted by atomic mass is 9.71. The summed E-state index contributed by atoms with van der Waals surface area (Å²) < 4.78 is 46.3. The summed E-state index contributed by atoms with van der Waals surface area (Å²) in [5.41, 5.74) is 7.63. The van der Waals surface area contributed by atoms with Crippen LogP contribution in [0.15, 0.2) is 36.5 Å². The van der Waals surface area contributed by atoms with Crippen molar-refractivity contribution < 1.29 is 32.9 Å². The Kier molecular flexibility index (Phi) is 9.65. The summed E-state index contributed by atoms with van der Waals surface area (Å²) >= 11 is 0. The van der Waals surface area contributed by atoms with Crippen LogP contribution in [0.3, 0.4) is 0 Å². The van der Waals surface area contributed by atoms with E-state index >= 15 is 0 Å². The first-order valence-corrected chi connectivity index (χ1v) is 13.6. The Morgan fingerprint density at radius 3 is 2.60 bits per heavy atom. The number of nitrogens with two attached hydrogens (primary N) is 1. The lowest BCUT2D eigenvalue weighted by Crippen LogP contribution is -2.41. The molecule has 0 spiro atoms. The summed E-state index contributed by atoms with van der Waals surface area (Å²) in [5.74, 6) is -3.25. The molecule has 3 aromatic rings. The number of hydrogen-bond acceptors (Lipinski definition) is 6. The standard InChI is InChI=1S/C30H36F3N3O4/c1-40-22-4-5-25-23(15-22)28(20(17-34)18-35-25)26(37)6-7-30(16-27(38)39)8-11-36(12-9-30)10-2-3-19-13-21(31)14-24(32)29(19)33/h4-5,13-15,18,26,37H,2-3,6-12,16-17,34H2,1H3,(H,38,39). The number of hydrogen-bond donors (Lipinski definition) is 3. The largest absolute Gasteiger partial charge is 0.497 e. The molecule has 1 fully saturated rings. The number of fused-ring (bicyclic) bond motifs is 1. The molecular weight excluding hydrogens is 523 g/mol. The van der Waals surface area contributed by atoms with Gasteiger partial charge in [0, 0.05) is 24.2 Å². The summed E-state index contributed by atoms with van der Waals surface area (Å²) in [7, 11) is 1.57. The Balaban J connectivity index is 1.41. The highest BCUT2D eigenvalue weighted by Gasteiger charge is 2.37. The highest BCUT2D eigenvalue weighted by Crippen LogP contribution is 2.42. The quantitative estimate of drug-likeness (QED) is 0.264. The molecule has 4 N–H and O–H groups in total. The van der Waals surface area contributed by atoms with Gasteiger partial charge in [0.1, 0.15) is 11.6 Å². The van der Waals surface area contributed by atoms with Crippen molar-refractivity contribution in [1.82, 2.24) is 9.88 Å². The van der Waals surface area contributed by atoms with E-state index in [1.54, 1.807) is 19.4 Å². The maximum atomic E-state index is 14.0. The number of aliphatic hydroxyl groups is 1. The number of methoxy groups -OCH3 is 1. The van der Waals surface area contributed by atoms with Crippen molar-refractivity contribution in [2.24, 2.45) is 11.1 Å². The molecule has 0 bridgehead atoms. The number of rotatable bonds is 12. The van der Waals surface area contributed by atoms with Crippen molar-refractivity contribution in [2.75, 3.05) is 26.7 Å². The smallest absolute Gasteiger partial charge is 0.303 e. The zero-order valence-electron chi connectivity index (χ0n) is 22.6. The van der Waals surface area contributed by atoms with Gasteiger partial charge in [-0.15, -0.1) is 0 Å². The molecule has 0 amide bonds. The topological polar surface area (TPSA) is 109 Å². The van der Waals surface area contributed by atoms with Crippen LogP contribution in [0.1, 0.15) is 61.3 Å². The number of carboxylic acid groups (broad SMARTS) is 1. The van der Waals surface area contributed by atoms with Crippen molar-refractivity contribution in [2.45, 2.75) is 57.6 Å². The number of piperidine rings is 1. The molecule has 40 heavy (non-hydrogen) atoms. The van der Waals surface area contributed by atoms with Crippen LogP contribution in [0.5, 0.6) is 5.75 Å². The SMILES string of the molecule is COc1ccc2ncc(CN)c(C(O)CCC3(CC(=O)O)CCN(CCCc4cc(F)cc(F)c4F)CC3)c2c1. The fourth-order valence-corrected chi connectivity index (χ4v) is 5.88. The van der Waals surface area contributed by atoms with E-state index < -0.39 is 34.9 Å². The number of aliphatic carboxylic acids is 1. The first-order valence-electron chi connectivity index (χ1n) is 13.6. The van der Waals surface area contributed by atoms with Crippen LogP contribution in [0.2, 0.25) is 0 Å². The molecular formula is C30H36F3N3O4. The van der Waals surface area contributed by atoms with E-state index in [0.29, 0.717) is 74.6 Å². The van der Waals surface area contributed by atoms with Gasteiger partial charge in [0.15, 0.2) is 11.6 Å². The molecule has 216 valence electrons. The zero-order chi connectivity index (χ0) is 28.9. The predicted molar refractivity (Wildman–Crippen MR) is 145 cm³/mol. The van der Waals surface area contributed by atoms with Crippen LogP contribution < -0.4 is 10.5 Å². The van der Waals surface area contributed by atoms with Gasteiger partial charge in [-0.1, -0.05) is 0 Å². The van der Waals surface area contributed by atoms with Crippen LogP contribution in [-0.4, -0.2) is 52.8 Å². The Morgan fingerprint density at radius 1 is 1.18 bits per heavy atom. The fraction of sp³-hybridized carbons (Fsp3) is 0.467. The maximum absolute atomic E-state index is 14.0. The fourth-order valence-electron chi connectivity index (χ4n) is 5.88. The molecule has 1 aliphatic rings. The van der Waals surface area contributed by atoms with Crippen molar-refractivity contribution in [1.29, 1.82) is 0 Å². The number of halogens is 3. The number of carboxylic acids is 1. The van der Waals surface area contributed by atoms with Gasteiger partial charge in [-0.25, -0.2) is 13.2 Å². The van der Waals surface area contributed by atoms with Crippen LogP contribution >= 0.6 is 0 Å². The first-order chi connectivity index (χ1) is 19.1. The average molecular weight is 560 g/mol. The third-order valence-electron chi connectivity index (χ3n) is 8.13. The van der Waals surface area contributed by atoms with Gasteiger partial charge in [0.2, 0.25) is 0 Å². The van der Waals surface area contributed by atoms with Gasteiger partial charge in [0.05, 0.1) is 25.2 Å². The summed E-state index contributed by atoms with van der Waals surface area (Å²) in [6.45, 7) is 2.10. The molecule has 2 aromatic carbocycles. The number of benzene rings is 2. The Morgan fingerprint density at radius 2 is 1.93 bits per heavy atom. The molecule has 7 nitrogen and oxygen atoms in total. The van der Waals surface area contributed by atoms with Crippen LogP contribution in [0.4, 0.5) is 13.2 Å². The second-order valence-corrected chi connectivity index (χ2v) is 10.7. The van der Waals surface area contributed by atoms with Gasteiger partial charge in [-0.05, 0) is 105 Å². The molecule has 4 rings (SSSR count). The number of ether oxygens (including phenoxy) is 1. The normalized spacial score (nSPS) is 16.2. The molecule has 2 heterocycles. The van der Waals surface area contributed by atoms with E-state index in [1.807, 2.05) is 12.1 Å².